The van der Waals surface area contributed by atoms with Crippen LogP contribution in [0.3, 0.4) is 0 Å². The third-order valence-corrected chi connectivity index (χ3v) is 3.03. The number of carbonyl (C=O) groups excluding carboxylic acids is 2. The topological polar surface area (TPSA) is 34.1 Å². The lowest BCUT2D eigenvalue weighted by Crippen LogP contribution is -2.36. The Morgan fingerprint density at radius 1 is 1.00 bits per heavy atom. The lowest BCUT2D eigenvalue weighted by Gasteiger charge is -2.34. The first-order chi connectivity index (χ1) is 5.70. The molecular formula is C10H12O2. The Morgan fingerprint density at radius 3 is 1.83 bits per heavy atom. The highest BCUT2D eigenvalue weighted by molar-refractivity contribution is 5.94. The van der Waals surface area contributed by atoms with Crippen LogP contribution in [0.15, 0.2) is 12.2 Å². The van der Waals surface area contributed by atoms with Crippen LogP contribution in [0.4, 0.5) is 0 Å². The summed E-state index contributed by atoms with van der Waals surface area (Å²) >= 11 is 0. The van der Waals surface area contributed by atoms with E-state index in [1.54, 1.807) is 0 Å². The van der Waals surface area contributed by atoms with Crippen LogP contribution in [-0.4, -0.2) is 11.6 Å². The Morgan fingerprint density at radius 2 is 1.42 bits per heavy atom. The first kappa shape index (κ1) is 7.71. The van der Waals surface area contributed by atoms with E-state index in [1.807, 2.05) is 0 Å². The van der Waals surface area contributed by atoms with E-state index in [1.165, 1.54) is 0 Å². The van der Waals surface area contributed by atoms with Crippen molar-refractivity contribution >= 4 is 11.6 Å². The van der Waals surface area contributed by atoms with Crippen LogP contribution < -0.4 is 0 Å². The van der Waals surface area contributed by atoms with Crippen LogP contribution in [-0.2, 0) is 9.59 Å². The van der Waals surface area contributed by atoms with Crippen molar-refractivity contribution in [3.8, 4) is 0 Å². The summed E-state index contributed by atoms with van der Waals surface area (Å²) < 4.78 is 0. The van der Waals surface area contributed by atoms with Gasteiger partial charge in [0.05, 0.1) is 0 Å². The second kappa shape index (κ2) is 2.54. The van der Waals surface area contributed by atoms with Crippen molar-refractivity contribution in [2.24, 2.45) is 11.8 Å². The maximum Gasteiger partial charge on any atom is 0.140 e. The molecule has 2 bridgehead atoms. The van der Waals surface area contributed by atoms with Crippen molar-refractivity contribution in [3.05, 3.63) is 12.2 Å². The van der Waals surface area contributed by atoms with Gasteiger partial charge in [-0.3, -0.25) is 9.59 Å². The number of ketones is 2. The van der Waals surface area contributed by atoms with E-state index in [2.05, 4.69) is 6.58 Å². The number of fused-ring (bicyclic) bond motifs is 2. The molecule has 2 saturated carbocycles. The molecule has 2 atom stereocenters. The molecule has 2 aliphatic rings. The van der Waals surface area contributed by atoms with Crippen molar-refractivity contribution in [2.45, 2.75) is 25.7 Å². The van der Waals surface area contributed by atoms with Gasteiger partial charge in [-0.15, -0.1) is 0 Å². The summed E-state index contributed by atoms with van der Waals surface area (Å²) in [7, 11) is 0. The summed E-state index contributed by atoms with van der Waals surface area (Å²) in [5.41, 5.74) is 0.891. The molecule has 0 amide bonds. The monoisotopic (exact) mass is 164 g/mol. The molecule has 0 spiro atoms. The summed E-state index contributed by atoms with van der Waals surface area (Å²) in [6.07, 6.45) is 2.60. The Kier molecular flexibility index (Phi) is 1.63. The maximum absolute atomic E-state index is 11.3. The van der Waals surface area contributed by atoms with Gasteiger partial charge in [-0.2, -0.15) is 0 Å². The highest BCUT2D eigenvalue weighted by Gasteiger charge is 2.39. The van der Waals surface area contributed by atoms with E-state index in [0.29, 0.717) is 37.2 Å². The van der Waals surface area contributed by atoms with Gasteiger partial charge in [0.15, 0.2) is 0 Å². The smallest absolute Gasteiger partial charge is 0.140 e. The molecule has 0 N–H and O–H groups in total. The fourth-order valence-corrected chi connectivity index (χ4v) is 2.27. The summed E-state index contributed by atoms with van der Waals surface area (Å²) in [6.45, 7) is 3.86. The van der Waals surface area contributed by atoms with Gasteiger partial charge in [0, 0.05) is 24.7 Å². The van der Waals surface area contributed by atoms with Crippen LogP contribution in [0.5, 0.6) is 0 Å². The minimum absolute atomic E-state index is 0.0152. The van der Waals surface area contributed by atoms with Crippen molar-refractivity contribution in [3.63, 3.8) is 0 Å². The number of hydrogen-bond donors (Lipinski definition) is 0. The van der Waals surface area contributed by atoms with Crippen LogP contribution in [0.2, 0.25) is 0 Å². The number of carbonyl (C=O) groups is 2. The normalized spacial score (nSPS) is 35.5. The van der Waals surface area contributed by atoms with Gasteiger partial charge in [-0.05, 0) is 12.8 Å². The summed E-state index contributed by atoms with van der Waals surface area (Å²) in [6, 6.07) is 0. The van der Waals surface area contributed by atoms with Crippen LogP contribution in [0.1, 0.15) is 25.7 Å². The highest BCUT2D eigenvalue weighted by Crippen LogP contribution is 2.39. The molecule has 0 radical (unpaired) electrons. The zero-order valence-electron chi connectivity index (χ0n) is 7.01. The second-order valence-electron chi connectivity index (χ2n) is 3.69. The summed E-state index contributed by atoms with van der Waals surface area (Å²) in [5.74, 6) is 0.621. The summed E-state index contributed by atoms with van der Waals surface area (Å²) in [4.78, 5) is 22.7. The van der Waals surface area contributed by atoms with E-state index in [9.17, 15) is 9.59 Å². The predicted octanol–water partition coefficient (Wildman–Crippen LogP) is 1.50. The molecular weight excluding hydrogens is 152 g/mol. The molecule has 2 nitrogen and oxygen atoms in total. The van der Waals surface area contributed by atoms with E-state index < -0.39 is 0 Å². The average molecular weight is 164 g/mol. The Labute approximate surface area is 71.6 Å². The van der Waals surface area contributed by atoms with Crippen LogP contribution in [0.25, 0.3) is 0 Å². The van der Waals surface area contributed by atoms with E-state index >= 15 is 0 Å². The zero-order chi connectivity index (χ0) is 8.72. The number of hydrogen-bond acceptors (Lipinski definition) is 2. The molecule has 2 aliphatic carbocycles. The van der Waals surface area contributed by atoms with Crippen LogP contribution >= 0.6 is 0 Å². The van der Waals surface area contributed by atoms with Crippen molar-refractivity contribution in [1.29, 1.82) is 0 Å². The predicted molar refractivity (Wildman–Crippen MR) is 44.6 cm³/mol. The molecule has 0 aromatic heterocycles. The first-order valence-electron chi connectivity index (χ1n) is 4.44. The minimum atomic E-state index is 0.0152. The molecule has 2 fully saturated rings. The SMILES string of the molecule is C=C1C2CCC(=O)C1CCC2=O. The number of Topliss-reactive ketones (excluding diaryl/α,β-unsaturated/α-hetero) is 2. The number of rotatable bonds is 0. The Bertz CT molecular complexity index is 239. The average Bonchev–Trinajstić information content (AvgIpc) is 2.01. The van der Waals surface area contributed by atoms with Gasteiger partial charge in [0.2, 0.25) is 0 Å². The third-order valence-electron chi connectivity index (χ3n) is 3.03. The van der Waals surface area contributed by atoms with Gasteiger partial charge in [-0.25, -0.2) is 0 Å². The molecule has 12 heavy (non-hydrogen) atoms. The highest BCUT2D eigenvalue weighted by atomic mass is 16.1. The van der Waals surface area contributed by atoms with E-state index in [4.69, 9.17) is 0 Å². The first-order valence-corrected chi connectivity index (χ1v) is 4.44. The van der Waals surface area contributed by atoms with Gasteiger partial charge in [0.1, 0.15) is 11.6 Å². The standard InChI is InChI=1S/C10H12O2/c1-6-7-2-4-9(11)8(6)3-5-10(7)12/h7-8H,1-5H2. The van der Waals surface area contributed by atoms with Crippen molar-refractivity contribution < 1.29 is 9.59 Å². The van der Waals surface area contributed by atoms with Crippen molar-refractivity contribution in [1.82, 2.24) is 0 Å². The molecule has 0 saturated heterocycles. The molecule has 2 rings (SSSR count). The Balaban J connectivity index is 2.29. The lowest BCUT2D eigenvalue weighted by atomic mass is 9.68. The van der Waals surface area contributed by atoms with Gasteiger partial charge in [-0.1, -0.05) is 12.2 Å². The quantitative estimate of drug-likeness (QED) is 0.508. The van der Waals surface area contributed by atoms with Crippen molar-refractivity contribution in [2.75, 3.05) is 0 Å². The molecule has 2 unspecified atom stereocenters. The second-order valence-corrected chi connectivity index (χ2v) is 3.69. The molecule has 64 valence electrons. The lowest BCUT2D eigenvalue weighted by molar-refractivity contribution is -0.130. The van der Waals surface area contributed by atoms with Gasteiger partial charge >= 0.3 is 0 Å². The largest absolute Gasteiger partial charge is 0.299 e. The van der Waals surface area contributed by atoms with E-state index in [0.717, 1.165) is 5.57 Å². The van der Waals surface area contributed by atoms with E-state index in [-0.39, 0.29) is 11.8 Å². The third kappa shape index (κ3) is 0.942. The minimum Gasteiger partial charge on any atom is -0.299 e. The van der Waals surface area contributed by atoms with Crippen LogP contribution in [0, 0.1) is 11.8 Å². The zero-order valence-corrected chi connectivity index (χ0v) is 7.01. The molecule has 0 heterocycles. The summed E-state index contributed by atoms with van der Waals surface area (Å²) in [5, 5.41) is 0. The molecule has 0 aromatic carbocycles. The number of allylic oxidation sites excluding steroid dienone is 1. The fourth-order valence-electron chi connectivity index (χ4n) is 2.27. The maximum atomic E-state index is 11.3. The Hall–Kier alpha value is -0.920. The van der Waals surface area contributed by atoms with Gasteiger partial charge in [0.25, 0.3) is 0 Å². The fraction of sp³-hybridized carbons (Fsp3) is 0.600. The molecule has 0 aromatic rings. The molecule has 0 aliphatic heterocycles. The van der Waals surface area contributed by atoms with Gasteiger partial charge < -0.3 is 0 Å². The molecule has 2 heteroatoms.